The van der Waals surface area contributed by atoms with Crippen LogP contribution >= 0.6 is 0 Å². The number of carbonyl (C=O) groups excluding carboxylic acids is 2. The van der Waals surface area contributed by atoms with Crippen molar-refractivity contribution in [3.8, 4) is 0 Å². The molecule has 0 aliphatic rings. The lowest BCUT2D eigenvalue weighted by Crippen LogP contribution is -2.45. The van der Waals surface area contributed by atoms with E-state index in [1.54, 1.807) is 6.08 Å². The highest BCUT2D eigenvalue weighted by atomic mass is 16.5. The average Bonchev–Trinajstić information content (AvgIpc) is 3.50. The summed E-state index contributed by atoms with van der Waals surface area (Å²) in [5, 5.41) is 23.2. The molecular formula is C77H151NO5. The molecule has 2 atom stereocenters. The predicted octanol–water partition coefficient (Wildman–Crippen LogP) is 25.1. The minimum absolute atomic E-state index is 0.0238. The minimum atomic E-state index is -0.840. The summed E-state index contributed by atoms with van der Waals surface area (Å²) in [6, 6.07) is -0.623. The summed E-state index contributed by atoms with van der Waals surface area (Å²) in [4.78, 5) is 24.5. The molecule has 6 heteroatoms. The summed E-state index contributed by atoms with van der Waals surface area (Å²) >= 11 is 0. The number of aliphatic hydroxyl groups is 2. The third-order valence-electron chi connectivity index (χ3n) is 18.3. The first-order chi connectivity index (χ1) is 41.0. The Morgan fingerprint density at radius 3 is 0.819 bits per heavy atom. The molecule has 0 aromatic rings. The summed E-state index contributed by atoms with van der Waals surface area (Å²) in [6.07, 6.45) is 91.9. The standard InChI is InChI=1S/C77H151NO5/c1-3-5-7-9-11-13-15-16-17-18-40-43-46-50-53-57-61-65-69-75(80)74(73-79)78-76(81)70-66-62-58-54-51-47-44-41-38-36-34-32-30-28-26-24-22-20-19-21-23-25-27-29-31-33-35-37-39-42-45-48-52-56-60-64-68-72-83-77(82)71-67-63-59-55-49-14-12-10-8-6-4-2/h65,69,74-75,79-80H,3-64,66-68,70-73H2,1-2H3,(H,78,81)/b69-65+. The van der Waals surface area contributed by atoms with E-state index in [1.807, 2.05) is 6.08 Å². The van der Waals surface area contributed by atoms with Crippen molar-refractivity contribution >= 4 is 11.9 Å². The van der Waals surface area contributed by atoms with Crippen LogP contribution in [0.1, 0.15) is 444 Å². The van der Waals surface area contributed by atoms with E-state index in [0.29, 0.717) is 19.4 Å². The lowest BCUT2D eigenvalue weighted by molar-refractivity contribution is -0.143. The number of nitrogens with one attached hydrogen (secondary N) is 1. The van der Waals surface area contributed by atoms with Gasteiger partial charge in [0.15, 0.2) is 0 Å². The predicted molar refractivity (Wildman–Crippen MR) is 366 cm³/mol. The van der Waals surface area contributed by atoms with E-state index in [-0.39, 0.29) is 18.5 Å². The third kappa shape index (κ3) is 69.6. The summed E-state index contributed by atoms with van der Waals surface area (Å²) in [7, 11) is 0. The SMILES string of the molecule is CCCCCCCCCCCCCCCCCC/C=C/C(O)C(CO)NC(=O)CCCCCCCCCCCCCCCCCCCCCCCCCCCCCCCCCCCCCCCOC(=O)CCCCCCCCCCCCC. The third-order valence-corrected chi connectivity index (χ3v) is 18.3. The summed E-state index contributed by atoms with van der Waals surface area (Å²) in [5.74, 6) is -0.0341. The molecule has 6 nitrogen and oxygen atoms in total. The fraction of sp³-hybridized carbons (Fsp3) is 0.948. The molecule has 0 rings (SSSR count). The number of esters is 1. The van der Waals surface area contributed by atoms with E-state index < -0.39 is 12.1 Å². The number of amides is 1. The van der Waals surface area contributed by atoms with Gasteiger partial charge in [0.1, 0.15) is 0 Å². The van der Waals surface area contributed by atoms with Crippen LogP contribution in [0.5, 0.6) is 0 Å². The Labute approximate surface area is 520 Å². The molecule has 494 valence electrons. The van der Waals surface area contributed by atoms with Crippen LogP contribution in [-0.4, -0.2) is 47.4 Å². The molecule has 0 bridgehead atoms. The van der Waals surface area contributed by atoms with E-state index in [1.165, 1.54) is 379 Å². The van der Waals surface area contributed by atoms with Gasteiger partial charge in [0.2, 0.25) is 5.91 Å². The molecule has 2 unspecified atom stereocenters. The summed E-state index contributed by atoms with van der Waals surface area (Å²) < 4.78 is 5.48. The molecule has 0 aliphatic carbocycles. The first-order valence-corrected chi connectivity index (χ1v) is 38.5. The lowest BCUT2D eigenvalue weighted by Gasteiger charge is -2.20. The van der Waals surface area contributed by atoms with Gasteiger partial charge in [-0.2, -0.15) is 0 Å². The van der Waals surface area contributed by atoms with Gasteiger partial charge in [-0.05, 0) is 32.1 Å². The van der Waals surface area contributed by atoms with Crippen molar-refractivity contribution in [3.63, 3.8) is 0 Å². The normalized spacial score (nSPS) is 12.5. The Bertz CT molecular complexity index is 1260. The zero-order chi connectivity index (χ0) is 59.9. The van der Waals surface area contributed by atoms with Crippen LogP contribution in [0.25, 0.3) is 0 Å². The summed E-state index contributed by atoms with van der Waals surface area (Å²) in [5.41, 5.74) is 0. The van der Waals surface area contributed by atoms with Gasteiger partial charge in [-0.3, -0.25) is 9.59 Å². The zero-order valence-electron chi connectivity index (χ0n) is 56.7. The second-order valence-corrected chi connectivity index (χ2v) is 26.7. The number of allylic oxidation sites excluding steroid dienone is 1. The Balaban J connectivity index is 3.31. The first-order valence-electron chi connectivity index (χ1n) is 38.5. The maximum atomic E-state index is 12.5. The van der Waals surface area contributed by atoms with Crippen LogP contribution < -0.4 is 5.32 Å². The van der Waals surface area contributed by atoms with Crippen LogP contribution in [0.4, 0.5) is 0 Å². The first kappa shape index (κ1) is 81.6. The number of unbranched alkanes of at least 4 members (excludes halogenated alkanes) is 62. The Morgan fingerprint density at radius 2 is 0.554 bits per heavy atom. The quantitative estimate of drug-likeness (QED) is 0.0320. The monoisotopic (exact) mass is 1170 g/mol. The number of carbonyl (C=O) groups is 2. The van der Waals surface area contributed by atoms with Gasteiger partial charge in [-0.1, -0.05) is 411 Å². The van der Waals surface area contributed by atoms with Crippen molar-refractivity contribution in [1.29, 1.82) is 0 Å². The maximum Gasteiger partial charge on any atom is 0.305 e. The molecular weight excluding hydrogens is 1020 g/mol. The highest BCUT2D eigenvalue weighted by Crippen LogP contribution is 2.20. The minimum Gasteiger partial charge on any atom is -0.466 e. The Hall–Kier alpha value is -1.40. The molecule has 0 spiro atoms. The van der Waals surface area contributed by atoms with Crippen LogP contribution in [0.3, 0.4) is 0 Å². The molecule has 0 saturated heterocycles. The van der Waals surface area contributed by atoms with Crippen LogP contribution in [0.15, 0.2) is 12.2 Å². The molecule has 3 N–H and O–H groups in total. The molecule has 0 aromatic heterocycles. The van der Waals surface area contributed by atoms with Crippen molar-refractivity contribution in [2.75, 3.05) is 13.2 Å². The molecule has 1 amide bonds. The fourth-order valence-electron chi connectivity index (χ4n) is 12.5. The van der Waals surface area contributed by atoms with Crippen molar-refractivity contribution in [2.45, 2.75) is 456 Å². The van der Waals surface area contributed by atoms with Crippen molar-refractivity contribution in [3.05, 3.63) is 12.2 Å². The second kappa shape index (κ2) is 73.1. The fourth-order valence-corrected chi connectivity index (χ4v) is 12.5. The van der Waals surface area contributed by atoms with E-state index in [4.69, 9.17) is 4.74 Å². The van der Waals surface area contributed by atoms with Gasteiger partial charge in [0, 0.05) is 12.8 Å². The van der Waals surface area contributed by atoms with E-state index >= 15 is 0 Å². The average molecular weight is 1170 g/mol. The largest absolute Gasteiger partial charge is 0.466 e. The molecule has 0 fully saturated rings. The van der Waals surface area contributed by atoms with Gasteiger partial charge in [-0.25, -0.2) is 0 Å². The topological polar surface area (TPSA) is 95.9 Å². The smallest absolute Gasteiger partial charge is 0.305 e. The van der Waals surface area contributed by atoms with Gasteiger partial charge < -0.3 is 20.3 Å². The number of aliphatic hydroxyl groups excluding tert-OH is 2. The highest BCUT2D eigenvalue weighted by Gasteiger charge is 2.18. The highest BCUT2D eigenvalue weighted by molar-refractivity contribution is 5.76. The van der Waals surface area contributed by atoms with Crippen LogP contribution in [-0.2, 0) is 14.3 Å². The van der Waals surface area contributed by atoms with Crippen molar-refractivity contribution < 1.29 is 24.5 Å². The molecule has 83 heavy (non-hydrogen) atoms. The van der Waals surface area contributed by atoms with Gasteiger partial charge >= 0.3 is 5.97 Å². The van der Waals surface area contributed by atoms with Crippen molar-refractivity contribution in [2.24, 2.45) is 0 Å². The van der Waals surface area contributed by atoms with Gasteiger partial charge in [0.05, 0.1) is 25.4 Å². The summed E-state index contributed by atoms with van der Waals surface area (Å²) in [6.45, 7) is 4.95. The number of hydrogen-bond acceptors (Lipinski definition) is 5. The molecule has 0 aromatic carbocycles. The molecule has 0 aliphatic heterocycles. The maximum absolute atomic E-state index is 12.5. The molecule has 0 heterocycles. The van der Waals surface area contributed by atoms with E-state index in [2.05, 4.69) is 19.2 Å². The van der Waals surface area contributed by atoms with Gasteiger partial charge in [0.25, 0.3) is 0 Å². The Kier molecular flexibility index (Phi) is 71.8. The number of ether oxygens (including phenoxy) is 1. The molecule has 0 radical (unpaired) electrons. The lowest BCUT2D eigenvalue weighted by atomic mass is 10.0. The van der Waals surface area contributed by atoms with Crippen molar-refractivity contribution in [1.82, 2.24) is 5.32 Å². The zero-order valence-corrected chi connectivity index (χ0v) is 56.7. The number of hydrogen-bond donors (Lipinski definition) is 3. The van der Waals surface area contributed by atoms with E-state index in [9.17, 15) is 19.8 Å². The Morgan fingerprint density at radius 1 is 0.325 bits per heavy atom. The van der Waals surface area contributed by atoms with E-state index in [0.717, 1.165) is 38.5 Å². The number of rotatable bonds is 73. The van der Waals surface area contributed by atoms with Crippen LogP contribution in [0.2, 0.25) is 0 Å². The second-order valence-electron chi connectivity index (χ2n) is 26.7. The van der Waals surface area contributed by atoms with Crippen LogP contribution in [0, 0.1) is 0 Å². The molecule has 0 saturated carbocycles. The van der Waals surface area contributed by atoms with Gasteiger partial charge in [-0.15, -0.1) is 0 Å².